The van der Waals surface area contributed by atoms with Crippen molar-refractivity contribution in [2.75, 3.05) is 33.4 Å². The van der Waals surface area contributed by atoms with Crippen LogP contribution in [-0.4, -0.2) is 49.2 Å². The van der Waals surface area contributed by atoms with Crippen LogP contribution in [0.25, 0.3) is 0 Å². The van der Waals surface area contributed by atoms with Crippen molar-refractivity contribution in [2.24, 2.45) is 12.0 Å². The zero-order chi connectivity index (χ0) is 20.7. The molecule has 1 aliphatic rings. The SMILES string of the molecule is CCNC(=NCc1ccnn1C)NCC1(c2cc(Cl)ccc2OC)CCOCC1.I. The normalized spacial score (nSPS) is 15.9. The lowest BCUT2D eigenvalue weighted by molar-refractivity contribution is 0.0505. The molecule has 1 saturated heterocycles. The first kappa shape index (κ1) is 24.7. The van der Waals surface area contributed by atoms with Gasteiger partial charge in [-0.2, -0.15) is 5.10 Å². The van der Waals surface area contributed by atoms with Crippen molar-refractivity contribution >= 4 is 41.5 Å². The molecule has 7 nitrogen and oxygen atoms in total. The molecule has 1 aliphatic heterocycles. The van der Waals surface area contributed by atoms with Crippen LogP contribution in [0.1, 0.15) is 31.0 Å². The van der Waals surface area contributed by atoms with Crippen LogP contribution in [0, 0.1) is 0 Å². The molecule has 0 amide bonds. The summed E-state index contributed by atoms with van der Waals surface area (Å²) in [5.74, 6) is 1.63. The van der Waals surface area contributed by atoms with Crippen molar-refractivity contribution in [1.29, 1.82) is 0 Å². The van der Waals surface area contributed by atoms with Crippen molar-refractivity contribution in [2.45, 2.75) is 31.7 Å². The van der Waals surface area contributed by atoms with Gasteiger partial charge in [0.1, 0.15) is 5.75 Å². The predicted molar refractivity (Wildman–Crippen MR) is 131 cm³/mol. The lowest BCUT2D eigenvalue weighted by Crippen LogP contribution is -2.48. The van der Waals surface area contributed by atoms with Gasteiger partial charge in [0.2, 0.25) is 0 Å². The Morgan fingerprint density at radius 2 is 2.07 bits per heavy atom. The van der Waals surface area contributed by atoms with Crippen LogP contribution in [0.15, 0.2) is 35.5 Å². The minimum absolute atomic E-state index is 0. The highest BCUT2D eigenvalue weighted by atomic mass is 127. The molecule has 0 unspecified atom stereocenters. The quantitative estimate of drug-likeness (QED) is 0.315. The topological polar surface area (TPSA) is 72.7 Å². The van der Waals surface area contributed by atoms with Gasteiger partial charge in [-0.05, 0) is 44.0 Å². The Bertz CT molecular complexity index is 837. The first-order chi connectivity index (χ1) is 14.1. The molecule has 0 aliphatic carbocycles. The molecule has 2 N–H and O–H groups in total. The molecule has 0 saturated carbocycles. The fraction of sp³-hybridized carbons (Fsp3) is 0.524. The van der Waals surface area contributed by atoms with E-state index in [1.54, 1.807) is 13.3 Å². The number of nitrogens with zero attached hydrogens (tertiary/aromatic N) is 3. The standard InChI is InChI=1S/C21H30ClN5O2.HI/c1-4-23-20(24-14-17-7-10-26-27(17)2)25-15-21(8-11-29-12-9-21)18-13-16(22)5-6-19(18)28-3;/h5-7,10,13H,4,8-9,11-12,14-15H2,1-3H3,(H2,23,24,25);1H. The maximum absolute atomic E-state index is 6.34. The average molecular weight is 548 g/mol. The highest BCUT2D eigenvalue weighted by molar-refractivity contribution is 14.0. The summed E-state index contributed by atoms with van der Waals surface area (Å²) in [4.78, 5) is 4.73. The van der Waals surface area contributed by atoms with Crippen LogP contribution in [0.2, 0.25) is 5.02 Å². The number of nitrogens with one attached hydrogen (secondary N) is 2. The third-order valence-corrected chi connectivity index (χ3v) is 5.68. The first-order valence-electron chi connectivity index (χ1n) is 9.99. The second-order valence-electron chi connectivity index (χ2n) is 7.23. The molecule has 2 heterocycles. The van der Waals surface area contributed by atoms with Gasteiger partial charge >= 0.3 is 0 Å². The van der Waals surface area contributed by atoms with Crippen molar-refractivity contribution in [3.05, 3.63) is 46.7 Å². The maximum Gasteiger partial charge on any atom is 0.191 e. The first-order valence-corrected chi connectivity index (χ1v) is 10.4. The van der Waals surface area contributed by atoms with E-state index in [2.05, 4.69) is 22.7 Å². The fourth-order valence-corrected chi connectivity index (χ4v) is 3.88. The molecular weight excluding hydrogens is 517 g/mol. The summed E-state index contributed by atoms with van der Waals surface area (Å²) in [7, 11) is 3.63. The number of methoxy groups -OCH3 is 1. The summed E-state index contributed by atoms with van der Waals surface area (Å²) < 4.78 is 13.2. The molecule has 2 aromatic rings. The van der Waals surface area contributed by atoms with E-state index in [4.69, 9.17) is 26.1 Å². The Morgan fingerprint density at radius 1 is 1.30 bits per heavy atom. The molecule has 0 atom stereocenters. The third kappa shape index (κ3) is 6.01. The average Bonchev–Trinajstić information content (AvgIpc) is 3.15. The van der Waals surface area contributed by atoms with Crippen LogP contribution in [0.4, 0.5) is 0 Å². The monoisotopic (exact) mass is 547 g/mol. The van der Waals surface area contributed by atoms with Gasteiger partial charge in [0.05, 0.1) is 19.3 Å². The lowest BCUT2D eigenvalue weighted by atomic mass is 9.73. The molecule has 9 heteroatoms. The number of aromatic nitrogens is 2. The van der Waals surface area contributed by atoms with E-state index in [0.717, 1.165) is 42.4 Å². The lowest BCUT2D eigenvalue weighted by Gasteiger charge is -2.39. The maximum atomic E-state index is 6.34. The third-order valence-electron chi connectivity index (χ3n) is 5.44. The number of guanidine groups is 1. The Balaban J connectivity index is 0.00000320. The molecule has 0 radical (unpaired) electrons. The summed E-state index contributed by atoms with van der Waals surface area (Å²) in [5, 5.41) is 11.8. The fourth-order valence-electron chi connectivity index (χ4n) is 3.71. The number of hydrogen-bond donors (Lipinski definition) is 2. The number of benzene rings is 1. The van der Waals surface area contributed by atoms with E-state index in [1.807, 2.05) is 36.0 Å². The molecule has 0 spiro atoms. The molecule has 1 fully saturated rings. The van der Waals surface area contributed by atoms with Crippen molar-refractivity contribution < 1.29 is 9.47 Å². The molecule has 0 bridgehead atoms. The zero-order valence-corrected chi connectivity index (χ0v) is 20.9. The molecule has 3 rings (SSSR count). The number of aliphatic imine (C=N–C) groups is 1. The van der Waals surface area contributed by atoms with Crippen molar-refractivity contribution in [1.82, 2.24) is 20.4 Å². The number of rotatable bonds is 7. The summed E-state index contributed by atoms with van der Waals surface area (Å²) >= 11 is 6.34. The number of halogens is 2. The van der Waals surface area contributed by atoms with E-state index in [-0.39, 0.29) is 29.4 Å². The number of aryl methyl sites for hydroxylation is 1. The van der Waals surface area contributed by atoms with Gasteiger partial charge in [0.25, 0.3) is 0 Å². The summed E-state index contributed by atoms with van der Waals surface area (Å²) in [5.41, 5.74) is 2.03. The smallest absolute Gasteiger partial charge is 0.191 e. The minimum atomic E-state index is -0.142. The summed E-state index contributed by atoms with van der Waals surface area (Å²) in [6.45, 7) is 5.53. The highest BCUT2D eigenvalue weighted by Gasteiger charge is 2.37. The van der Waals surface area contributed by atoms with Crippen LogP contribution in [0.3, 0.4) is 0 Å². The van der Waals surface area contributed by atoms with Gasteiger partial charge in [-0.1, -0.05) is 11.6 Å². The van der Waals surface area contributed by atoms with Gasteiger partial charge in [-0.25, -0.2) is 4.99 Å². The zero-order valence-electron chi connectivity index (χ0n) is 17.8. The minimum Gasteiger partial charge on any atom is -0.496 e. The van der Waals surface area contributed by atoms with E-state index < -0.39 is 0 Å². The van der Waals surface area contributed by atoms with Crippen LogP contribution in [0.5, 0.6) is 5.75 Å². The van der Waals surface area contributed by atoms with E-state index >= 15 is 0 Å². The van der Waals surface area contributed by atoms with Crippen molar-refractivity contribution in [3.63, 3.8) is 0 Å². The number of hydrogen-bond acceptors (Lipinski definition) is 4. The van der Waals surface area contributed by atoms with E-state index in [1.165, 1.54) is 0 Å². The van der Waals surface area contributed by atoms with Gasteiger partial charge in [-0.15, -0.1) is 24.0 Å². The van der Waals surface area contributed by atoms with Crippen LogP contribution >= 0.6 is 35.6 Å². The van der Waals surface area contributed by atoms with E-state index in [9.17, 15) is 0 Å². The molecule has 166 valence electrons. The molecule has 30 heavy (non-hydrogen) atoms. The number of ether oxygens (including phenoxy) is 2. The van der Waals surface area contributed by atoms with Gasteiger partial charge in [0, 0.05) is 55.5 Å². The highest BCUT2D eigenvalue weighted by Crippen LogP contribution is 2.40. The van der Waals surface area contributed by atoms with Crippen molar-refractivity contribution in [3.8, 4) is 5.75 Å². The molecular formula is C21H31ClIN5O2. The van der Waals surface area contributed by atoms with Crippen LogP contribution in [-0.2, 0) is 23.7 Å². The Hall–Kier alpha value is -1.52. The summed E-state index contributed by atoms with van der Waals surface area (Å²) in [6, 6.07) is 7.80. The summed E-state index contributed by atoms with van der Waals surface area (Å²) in [6.07, 6.45) is 3.56. The molecule has 1 aromatic heterocycles. The second kappa shape index (κ2) is 11.8. The van der Waals surface area contributed by atoms with Gasteiger partial charge in [0.15, 0.2) is 5.96 Å². The largest absolute Gasteiger partial charge is 0.496 e. The predicted octanol–water partition coefficient (Wildman–Crippen LogP) is 3.50. The van der Waals surface area contributed by atoms with Crippen LogP contribution < -0.4 is 15.4 Å². The Morgan fingerprint density at radius 3 is 2.70 bits per heavy atom. The van der Waals surface area contributed by atoms with E-state index in [0.29, 0.717) is 31.3 Å². The second-order valence-corrected chi connectivity index (χ2v) is 7.67. The molecule has 1 aromatic carbocycles. The Kier molecular flexibility index (Phi) is 9.70. The Labute approximate surface area is 200 Å². The van der Waals surface area contributed by atoms with Gasteiger partial charge in [-0.3, -0.25) is 4.68 Å². The van der Waals surface area contributed by atoms with Gasteiger partial charge < -0.3 is 20.1 Å².